The smallest absolute Gasteiger partial charge is 0.411 e. The Hall–Kier alpha value is -3.79. The fourth-order valence-electron chi connectivity index (χ4n) is 4.17. The highest BCUT2D eigenvalue weighted by Gasteiger charge is 2.19. The molecule has 222 valence electrons. The van der Waals surface area contributed by atoms with E-state index < -0.39 is 18.3 Å². The summed E-state index contributed by atoms with van der Waals surface area (Å²) in [6.45, 7) is 6.75. The number of aliphatic hydroxyl groups excluding tert-OH is 1. The molecule has 0 fully saturated rings. The van der Waals surface area contributed by atoms with Gasteiger partial charge in [-0.2, -0.15) is 0 Å². The first kappa shape index (κ1) is 33.4. The quantitative estimate of drug-likeness (QED) is 0.178. The lowest BCUT2D eigenvalue weighted by atomic mass is 9.86. The molecule has 0 radical (unpaired) electrons. The number of carbonyl (C=O) groups is 2. The van der Waals surface area contributed by atoms with Crippen LogP contribution in [0, 0.1) is 0 Å². The molecule has 3 rings (SSSR count). The molecule has 0 aliphatic rings. The van der Waals surface area contributed by atoms with E-state index in [-0.39, 0.29) is 31.0 Å². The number of anilines is 2. The number of halogens is 1. The molecule has 3 aromatic rings. The number of amides is 2. The second-order valence-corrected chi connectivity index (χ2v) is 9.31. The molecule has 0 heterocycles. The summed E-state index contributed by atoms with van der Waals surface area (Å²) in [6, 6.07) is 24.8. The minimum absolute atomic E-state index is 0. The SMILES string of the molecule is CCOC(=O)Nc1ccc(C(C[C@H](C)NC[C@H](O)COc2ccccc2)c2ccc(NC(=O)OCC)cc2)cc1.Cl. The largest absolute Gasteiger partial charge is 0.491 e. The van der Waals surface area contributed by atoms with Gasteiger partial charge < -0.3 is 24.6 Å². The van der Waals surface area contributed by atoms with Crippen molar-refractivity contribution in [3.63, 3.8) is 0 Å². The predicted octanol–water partition coefficient (Wildman–Crippen LogP) is 6.19. The molecule has 0 spiro atoms. The van der Waals surface area contributed by atoms with E-state index in [4.69, 9.17) is 14.2 Å². The van der Waals surface area contributed by atoms with Crippen molar-refractivity contribution in [1.29, 1.82) is 0 Å². The summed E-state index contributed by atoms with van der Waals surface area (Å²) in [7, 11) is 0. The number of carbonyl (C=O) groups excluding carboxylic acids is 2. The van der Waals surface area contributed by atoms with Crippen LogP contribution in [0.3, 0.4) is 0 Å². The molecule has 10 heteroatoms. The molecule has 0 saturated carbocycles. The molecule has 2 atom stereocenters. The van der Waals surface area contributed by atoms with Crippen molar-refractivity contribution in [2.45, 2.75) is 45.3 Å². The van der Waals surface area contributed by atoms with Gasteiger partial charge >= 0.3 is 12.2 Å². The van der Waals surface area contributed by atoms with Crippen molar-refractivity contribution < 1.29 is 28.9 Å². The summed E-state index contributed by atoms with van der Waals surface area (Å²) in [5.74, 6) is 0.727. The molecule has 0 bridgehead atoms. The molecule has 41 heavy (non-hydrogen) atoms. The molecule has 0 saturated heterocycles. The van der Waals surface area contributed by atoms with Crippen LogP contribution in [0.25, 0.3) is 0 Å². The van der Waals surface area contributed by atoms with Crippen LogP contribution in [0.15, 0.2) is 78.9 Å². The Morgan fingerprint density at radius 3 is 1.73 bits per heavy atom. The fourth-order valence-corrected chi connectivity index (χ4v) is 4.17. The zero-order valence-electron chi connectivity index (χ0n) is 23.7. The third-order valence-electron chi connectivity index (χ3n) is 6.15. The summed E-state index contributed by atoms with van der Waals surface area (Å²) >= 11 is 0. The summed E-state index contributed by atoms with van der Waals surface area (Å²) in [4.78, 5) is 23.6. The van der Waals surface area contributed by atoms with Crippen LogP contribution in [-0.4, -0.2) is 55.8 Å². The van der Waals surface area contributed by atoms with Gasteiger partial charge in [0.2, 0.25) is 0 Å². The Kier molecular flexibility index (Phi) is 14.5. The number of aliphatic hydroxyl groups is 1. The van der Waals surface area contributed by atoms with E-state index in [0.29, 0.717) is 31.1 Å². The van der Waals surface area contributed by atoms with Crippen LogP contribution < -0.4 is 20.7 Å². The molecular formula is C31H40ClN3O6. The Bertz CT molecular complexity index is 1120. The molecule has 2 amide bonds. The molecule has 0 aromatic heterocycles. The highest BCUT2D eigenvalue weighted by atomic mass is 35.5. The molecule has 0 unspecified atom stereocenters. The van der Waals surface area contributed by atoms with E-state index in [1.54, 1.807) is 13.8 Å². The van der Waals surface area contributed by atoms with Crippen LogP contribution in [0.4, 0.5) is 21.0 Å². The van der Waals surface area contributed by atoms with Gasteiger partial charge in [0, 0.05) is 29.9 Å². The van der Waals surface area contributed by atoms with Crippen LogP contribution in [-0.2, 0) is 9.47 Å². The number of rotatable bonds is 14. The Labute approximate surface area is 248 Å². The third-order valence-corrected chi connectivity index (χ3v) is 6.15. The van der Waals surface area contributed by atoms with Gasteiger partial charge in [0.15, 0.2) is 0 Å². The average Bonchev–Trinajstić information content (AvgIpc) is 2.95. The number of hydrogen-bond acceptors (Lipinski definition) is 7. The van der Waals surface area contributed by atoms with Crippen LogP contribution >= 0.6 is 12.4 Å². The molecule has 9 nitrogen and oxygen atoms in total. The lowest BCUT2D eigenvalue weighted by molar-refractivity contribution is 0.103. The standard InChI is InChI=1S/C31H39N3O6.ClH/c1-4-38-30(36)33-25-15-11-23(12-16-25)29(24-13-17-26(18-14-24)34-31(37)39-5-2)19-22(3)32-20-27(35)21-40-28-9-7-6-8-10-28;/h6-18,22,27,29,32,35H,4-5,19-21H2,1-3H3,(H,33,36)(H,34,37);1H/t22-,27-;/m0./s1. The normalized spacial score (nSPS) is 12.0. The van der Waals surface area contributed by atoms with E-state index in [2.05, 4.69) is 22.9 Å². The van der Waals surface area contributed by atoms with Gasteiger partial charge in [-0.25, -0.2) is 9.59 Å². The number of para-hydroxylation sites is 1. The van der Waals surface area contributed by atoms with E-state index in [1.807, 2.05) is 78.9 Å². The topological polar surface area (TPSA) is 118 Å². The minimum Gasteiger partial charge on any atom is -0.491 e. The maximum atomic E-state index is 11.8. The van der Waals surface area contributed by atoms with Crippen LogP contribution in [0.2, 0.25) is 0 Å². The number of ether oxygens (including phenoxy) is 3. The molecular weight excluding hydrogens is 546 g/mol. The highest BCUT2D eigenvalue weighted by molar-refractivity contribution is 5.85. The second-order valence-electron chi connectivity index (χ2n) is 9.31. The van der Waals surface area contributed by atoms with E-state index in [9.17, 15) is 14.7 Å². The first-order chi connectivity index (χ1) is 19.4. The fraction of sp³-hybridized carbons (Fsp3) is 0.355. The second kappa shape index (κ2) is 17.8. The van der Waals surface area contributed by atoms with E-state index in [1.165, 1.54) is 0 Å². The van der Waals surface area contributed by atoms with Crippen molar-refractivity contribution in [1.82, 2.24) is 5.32 Å². The lowest BCUT2D eigenvalue weighted by Crippen LogP contribution is -2.37. The summed E-state index contributed by atoms with van der Waals surface area (Å²) in [6.07, 6.45) is -0.919. The Morgan fingerprint density at radius 1 is 0.780 bits per heavy atom. The third kappa shape index (κ3) is 11.7. The maximum absolute atomic E-state index is 11.8. The van der Waals surface area contributed by atoms with Gasteiger partial charge in [-0.05, 0) is 74.7 Å². The zero-order valence-corrected chi connectivity index (χ0v) is 24.5. The average molecular weight is 586 g/mol. The predicted molar refractivity (Wildman–Crippen MR) is 163 cm³/mol. The van der Waals surface area contributed by atoms with Crippen molar-refractivity contribution in [3.05, 3.63) is 90.0 Å². The van der Waals surface area contributed by atoms with Gasteiger partial charge in [-0.1, -0.05) is 42.5 Å². The number of nitrogens with one attached hydrogen (secondary N) is 3. The van der Waals surface area contributed by atoms with E-state index in [0.717, 1.165) is 23.3 Å². The Morgan fingerprint density at radius 2 is 1.27 bits per heavy atom. The maximum Gasteiger partial charge on any atom is 0.411 e. The summed E-state index contributed by atoms with van der Waals surface area (Å²) in [5, 5.41) is 19.3. The summed E-state index contributed by atoms with van der Waals surface area (Å²) < 4.78 is 15.6. The van der Waals surface area contributed by atoms with Gasteiger partial charge in [-0.15, -0.1) is 12.4 Å². The van der Waals surface area contributed by atoms with Crippen LogP contribution in [0.1, 0.15) is 44.2 Å². The number of benzene rings is 3. The van der Waals surface area contributed by atoms with Gasteiger partial charge in [0.05, 0.1) is 13.2 Å². The highest BCUT2D eigenvalue weighted by Crippen LogP contribution is 2.31. The van der Waals surface area contributed by atoms with E-state index >= 15 is 0 Å². The van der Waals surface area contributed by atoms with Gasteiger partial charge in [0.25, 0.3) is 0 Å². The first-order valence-electron chi connectivity index (χ1n) is 13.5. The number of hydrogen-bond donors (Lipinski definition) is 4. The van der Waals surface area contributed by atoms with Gasteiger partial charge in [-0.3, -0.25) is 10.6 Å². The van der Waals surface area contributed by atoms with Crippen LogP contribution in [0.5, 0.6) is 5.75 Å². The van der Waals surface area contributed by atoms with Gasteiger partial charge in [0.1, 0.15) is 18.5 Å². The Balaban J connectivity index is 0.00000588. The minimum atomic E-state index is -0.664. The monoisotopic (exact) mass is 585 g/mol. The molecule has 4 N–H and O–H groups in total. The van der Waals surface area contributed by atoms with Crippen molar-refractivity contribution >= 4 is 36.0 Å². The summed E-state index contributed by atoms with van der Waals surface area (Å²) in [5.41, 5.74) is 3.40. The first-order valence-corrected chi connectivity index (χ1v) is 13.5. The molecule has 3 aromatic carbocycles. The molecule has 0 aliphatic heterocycles. The van der Waals surface area contributed by atoms with Crippen molar-refractivity contribution in [2.75, 3.05) is 37.0 Å². The molecule has 0 aliphatic carbocycles. The van der Waals surface area contributed by atoms with Crippen molar-refractivity contribution in [3.8, 4) is 5.75 Å². The zero-order chi connectivity index (χ0) is 28.7. The lowest BCUT2D eigenvalue weighted by Gasteiger charge is -2.24. The van der Waals surface area contributed by atoms with Crippen molar-refractivity contribution in [2.24, 2.45) is 0 Å².